The summed E-state index contributed by atoms with van der Waals surface area (Å²) < 4.78 is 0. The molecule has 0 saturated heterocycles. The third-order valence-electron chi connectivity index (χ3n) is 7.32. The van der Waals surface area contributed by atoms with E-state index in [9.17, 15) is 49.5 Å². The van der Waals surface area contributed by atoms with E-state index in [0.29, 0.717) is 38.6 Å². The van der Waals surface area contributed by atoms with Crippen molar-refractivity contribution in [1.82, 2.24) is 10.6 Å². The fourth-order valence-corrected chi connectivity index (χ4v) is 4.48. The van der Waals surface area contributed by atoms with Crippen molar-refractivity contribution >= 4 is 29.9 Å². The van der Waals surface area contributed by atoms with E-state index >= 15 is 0 Å². The Bertz CT molecular complexity index is 848. The summed E-state index contributed by atoms with van der Waals surface area (Å²) in [5.41, 5.74) is 11.2. The Morgan fingerprint density at radius 2 is 1.27 bits per heavy atom. The standard InChI is InChI=1S/C29H53N4O11/c30-14-10-9-11-20(31)26(40)19(17-34)15-21(29(43)44)33-25(39)13-8-6-4-2-1-3-5-7-12-24(38)32-16-22(36)27(41)28(42)23(37)18-35/h19-23,27-28,35-37,41-42H,1-16,18,30-31H2,(H,32,38)(H,33,39)(H,43,44)/t19?,20-,21-,22-,23+,27+,28+/m0/s1. The maximum absolute atomic E-state index is 12.4. The molecule has 0 saturated carbocycles. The van der Waals surface area contributed by atoms with Gasteiger partial charge in [0.2, 0.25) is 18.1 Å². The number of hydrogen-bond acceptors (Lipinski definition) is 12. The van der Waals surface area contributed by atoms with Gasteiger partial charge in [-0.3, -0.25) is 19.2 Å². The Kier molecular flexibility index (Phi) is 23.3. The first-order valence-electron chi connectivity index (χ1n) is 15.4. The van der Waals surface area contributed by atoms with E-state index in [4.69, 9.17) is 16.6 Å². The minimum Gasteiger partial charge on any atom is -0.480 e. The van der Waals surface area contributed by atoms with Crippen LogP contribution in [0.3, 0.4) is 0 Å². The van der Waals surface area contributed by atoms with Crippen LogP contribution in [0.1, 0.15) is 89.9 Å². The predicted octanol–water partition coefficient (Wildman–Crippen LogP) is -1.85. The lowest BCUT2D eigenvalue weighted by molar-refractivity contribution is -0.142. The Balaban J connectivity index is 4.10. The first kappa shape index (κ1) is 41.5. The molecular formula is C29H53N4O11. The number of unbranched alkanes of at least 4 members (excludes halogenated alkanes) is 8. The molecule has 0 aromatic heterocycles. The van der Waals surface area contributed by atoms with Crippen LogP contribution in [-0.2, 0) is 24.0 Å². The molecule has 255 valence electrons. The van der Waals surface area contributed by atoms with Crippen molar-refractivity contribution in [2.24, 2.45) is 17.4 Å². The van der Waals surface area contributed by atoms with Crippen LogP contribution in [-0.4, -0.2) is 117 Å². The first-order chi connectivity index (χ1) is 20.9. The van der Waals surface area contributed by atoms with Crippen molar-refractivity contribution in [3.63, 3.8) is 0 Å². The second-order valence-electron chi connectivity index (χ2n) is 11.1. The van der Waals surface area contributed by atoms with E-state index in [-0.39, 0.29) is 25.3 Å². The smallest absolute Gasteiger partial charge is 0.326 e. The summed E-state index contributed by atoms with van der Waals surface area (Å²) in [7, 11) is 0. The molecular weight excluding hydrogens is 580 g/mol. The molecule has 0 spiro atoms. The molecule has 1 unspecified atom stereocenters. The molecule has 15 heteroatoms. The number of nitrogens with one attached hydrogen (secondary N) is 2. The Hall–Kier alpha value is -2.53. The van der Waals surface area contributed by atoms with E-state index in [0.717, 1.165) is 38.5 Å². The lowest BCUT2D eigenvalue weighted by Crippen LogP contribution is -2.49. The van der Waals surface area contributed by atoms with Crippen LogP contribution >= 0.6 is 0 Å². The largest absolute Gasteiger partial charge is 0.480 e. The number of aliphatic carboxylic acids is 1. The van der Waals surface area contributed by atoms with Crippen LogP contribution in [0.15, 0.2) is 0 Å². The minimum absolute atomic E-state index is 0.105. The Labute approximate surface area is 258 Å². The molecule has 1 radical (unpaired) electrons. The van der Waals surface area contributed by atoms with Gasteiger partial charge in [0.05, 0.1) is 24.7 Å². The van der Waals surface area contributed by atoms with Crippen molar-refractivity contribution in [2.75, 3.05) is 19.7 Å². The van der Waals surface area contributed by atoms with Gasteiger partial charge in [-0.25, -0.2) is 4.79 Å². The van der Waals surface area contributed by atoms with Crippen LogP contribution in [0.25, 0.3) is 0 Å². The number of carbonyl (C=O) groups excluding carboxylic acids is 4. The zero-order valence-electron chi connectivity index (χ0n) is 25.4. The topological polar surface area (TPSA) is 283 Å². The zero-order chi connectivity index (χ0) is 33.5. The number of nitrogens with two attached hydrogens (primary N) is 2. The van der Waals surface area contributed by atoms with Crippen molar-refractivity contribution in [3.8, 4) is 0 Å². The van der Waals surface area contributed by atoms with Crippen LogP contribution < -0.4 is 22.1 Å². The molecule has 7 atom stereocenters. The van der Waals surface area contributed by atoms with E-state index < -0.39 is 73.1 Å². The molecule has 0 aliphatic heterocycles. The molecule has 0 heterocycles. The highest BCUT2D eigenvalue weighted by Gasteiger charge is 2.32. The summed E-state index contributed by atoms with van der Waals surface area (Å²) >= 11 is 0. The normalized spacial score (nSPS) is 16.2. The molecule has 0 aliphatic rings. The summed E-state index contributed by atoms with van der Waals surface area (Å²) in [6.45, 7) is -0.656. The van der Waals surface area contributed by atoms with Crippen molar-refractivity contribution in [1.29, 1.82) is 0 Å². The average Bonchev–Trinajstić information content (AvgIpc) is 3.00. The first-order valence-corrected chi connectivity index (χ1v) is 15.4. The predicted molar refractivity (Wildman–Crippen MR) is 160 cm³/mol. The number of ketones is 1. The second kappa shape index (κ2) is 24.8. The quantitative estimate of drug-likeness (QED) is 0.0335. The summed E-state index contributed by atoms with van der Waals surface area (Å²) in [4.78, 5) is 59.6. The van der Waals surface area contributed by atoms with Gasteiger partial charge in [-0.05, 0) is 38.6 Å². The van der Waals surface area contributed by atoms with E-state index in [1.165, 1.54) is 0 Å². The van der Waals surface area contributed by atoms with Crippen molar-refractivity contribution in [2.45, 2.75) is 126 Å². The number of aliphatic hydroxyl groups excluding tert-OH is 5. The molecule has 44 heavy (non-hydrogen) atoms. The number of amides is 2. The molecule has 0 aromatic rings. The van der Waals surface area contributed by atoms with Crippen LogP contribution in [0, 0.1) is 5.92 Å². The summed E-state index contributed by atoms with van der Waals surface area (Å²) in [5, 5.41) is 61.5. The third kappa shape index (κ3) is 18.3. The molecule has 15 nitrogen and oxygen atoms in total. The van der Waals surface area contributed by atoms with Gasteiger partial charge in [0, 0.05) is 19.4 Å². The SMILES string of the molecule is NCCCC[C@H](N)C(=O)C([C]=O)C[C@H](NC(=O)CCCCCCCCCCC(=O)NC[C@H](O)[C@@H](O)[C@H](O)[C@H](O)CO)C(=O)O. The molecule has 0 rings (SSSR count). The van der Waals surface area contributed by atoms with Crippen LogP contribution in [0.4, 0.5) is 0 Å². The fraction of sp³-hybridized carbons (Fsp3) is 0.828. The van der Waals surface area contributed by atoms with Crippen molar-refractivity contribution in [3.05, 3.63) is 0 Å². The third-order valence-corrected chi connectivity index (χ3v) is 7.32. The number of hydrogen-bond donors (Lipinski definition) is 10. The Morgan fingerprint density at radius 1 is 0.750 bits per heavy atom. The highest BCUT2D eigenvalue weighted by Crippen LogP contribution is 2.14. The number of carboxylic acid groups (broad SMARTS) is 1. The van der Waals surface area contributed by atoms with Crippen LogP contribution in [0.2, 0.25) is 0 Å². The summed E-state index contributed by atoms with van der Waals surface area (Å²) in [5.74, 6) is -4.12. The Morgan fingerprint density at radius 3 is 1.77 bits per heavy atom. The summed E-state index contributed by atoms with van der Waals surface area (Å²) in [6.07, 6.45) is 2.80. The fourth-order valence-electron chi connectivity index (χ4n) is 4.48. The lowest BCUT2D eigenvalue weighted by Gasteiger charge is -2.25. The number of carboxylic acids is 1. The molecule has 0 bridgehead atoms. The molecule has 12 N–H and O–H groups in total. The van der Waals surface area contributed by atoms with Gasteiger partial charge in [-0.1, -0.05) is 44.9 Å². The van der Waals surface area contributed by atoms with Gasteiger partial charge < -0.3 is 52.7 Å². The van der Waals surface area contributed by atoms with E-state index in [1.807, 2.05) is 0 Å². The number of rotatable bonds is 28. The monoisotopic (exact) mass is 633 g/mol. The average molecular weight is 634 g/mol. The number of aliphatic hydroxyl groups is 5. The second-order valence-corrected chi connectivity index (χ2v) is 11.1. The summed E-state index contributed by atoms with van der Waals surface area (Å²) in [6, 6.07) is -2.34. The zero-order valence-corrected chi connectivity index (χ0v) is 25.4. The molecule has 0 aromatic carbocycles. The molecule has 2 amide bonds. The van der Waals surface area contributed by atoms with Gasteiger partial charge in [-0.2, -0.15) is 0 Å². The lowest BCUT2D eigenvalue weighted by atomic mass is 9.90. The van der Waals surface area contributed by atoms with Gasteiger partial charge in [0.1, 0.15) is 24.4 Å². The molecule has 0 fully saturated rings. The van der Waals surface area contributed by atoms with E-state index in [2.05, 4.69) is 10.6 Å². The highest BCUT2D eigenvalue weighted by molar-refractivity contribution is 5.97. The van der Waals surface area contributed by atoms with Crippen LogP contribution in [0.5, 0.6) is 0 Å². The van der Waals surface area contributed by atoms with Crippen molar-refractivity contribution < 1.29 is 54.6 Å². The van der Waals surface area contributed by atoms with E-state index in [1.54, 1.807) is 6.29 Å². The van der Waals surface area contributed by atoms with Gasteiger partial charge >= 0.3 is 5.97 Å². The maximum atomic E-state index is 12.4. The maximum Gasteiger partial charge on any atom is 0.326 e. The number of Topliss-reactive ketones (excluding diaryl/α,β-unsaturated/α-hetero) is 1. The molecule has 0 aliphatic carbocycles. The minimum atomic E-state index is -1.75. The highest BCUT2D eigenvalue weighted by atomic mass is 16.4. The van der Waals surface area contributed by atoms with Gasteiger partial charge in [0.15, 0.2) is 5.78 Å². The van der Waals surface area contributed by atoms with Gasteiger partial charge in [-0.15, -0.1) is 0 Å². The number of carbonyl (C=O) groups is 4. The van der Waals surface area contributed by atoms with Gasteiger partial charge in [0.25, 0.3) is 0 Å².